The van der Waals surface area contributed by atoms with Crippen molar-refractivity contribution in [3.05, 3.63) is 36.8 Å². The van der Waals surface area contributed by atoms with Crippen molar-refractivity contribution in [2.75, 3.05) is 6.54 Å². The second-order valence-electron chi connectivity index (χ2n) is 4.65. The van der Waals surface area contributed by atoms with Gasteiger partial charge in [0, 0.05) is 37.1 Å². The van der Waals surface area contributed by atoms with Crippen LogP contribution in [0.4, 0.5) is 0 Å². The fourth-order valence-electron chi connectivity index (χ4n) is 1.90. The van der Waals surface area contributed by atoms with Gasteiger partial charge in [0.2, 0.25) is 5.91 Å². The summed E-state index contributed by atoms with van der Waals surface area (Å²) in [6, 6.07) is 5.83. The third-order valence-corrected chi connectivity index (χ3v) is 3.04. The number of pyridine rings is 1. The van der Waals surface area contributed by atoms with Crippen molar-refractivity contribution < 1.29 is 4.79 Å². The quantitative estimate of drug-likeness (QED) is 0.841. The van der Waals surface area contributed by atoms with Crippen molar-refractivity contribution in [1.82, 2.24) is 20.1 Å². The normalized spacial score (nSPS) is 10.4. The minimum absolute atomic E-state index is 0.119. The number of hydrogen-bond acceptors (Lipinski definition) is 3. The Morgan fingerprint density at radius 2 is 2.10 bits per heavy atom. The van der Waals surface area contributed by atoms with Crippen molar-refractivity contribution in [3.63, 3.8) is 0 Å². The van der Waals surface area contributed by atoms with E-state index in [9.17, 15) is 4.79 Å². The van der Waals surface area contributed by atoms with Gasteiger partial charge < -0.3 is 5.32 Å². The largest absolute Gasteiger partial charge is 0.354 e. The van der Waals surface area contributed by atoms with Gasteiger partial charge >= 0.3 is 0 Å². The second kappa shape index (κ2) is 7.43. The number of unbranched alkanes of at least 4 members (excludes halogenated alkanes) is 1. The summed E-state index contributed by atoms with van der Waals surface area (Å²) in [5, 5.41) is 7.38. The molecule has 0 saturated heterocycles. The monoisotopic (exact) mass is 272 g/mol. The Morgan fingerprint density at radius 3 is 2.85 bits per heavy atom. The van der Waals surface area contributed by atoms with Crippen LogP contribution in [0.25, 0.3) is 11.3 Å². The topological polar surface area (TPSA) is 59.8 Å². The van der Waals surface area contributed by atoms with Gasteiger partial charge in [0.15, 0.2) is 0 Å². The maximum atomic E-state index is 11.5. The van der Waals surface area contributed by atoms with Gasteiger partial charge in [-0.3, -0.25) is 14.5 Å². The molecule has 0 unspecified atom stereocenters. The number of carbonyl (C=O) groups excluding carboxylic acids is 1. The summed E-state index contributed by atoms with van der Waals surface area (Å²) in [5.74, 6) is 0.119. The number of amides is 1. The molecule has 0 aliphatic heterocycles. The van der Waals surface area contributed by atoms with Crippen LogP contribution in [0, 0.1) is 0 Å². The van der Waals surface area contributed by atoms with Crippen LogP contribution in [0.3, 0.4) is 0 Å². The Morgan fingerprint density at radius 1 is 1.30 bits per heavy atom. The summed E-state index contributed by atoms with van der Waals surface area (Å²) in [6.07, 6.45) is 8.03. The molecule has 0 fully saturated rings. The Hall–Kier alpha value is -2.17. The van der Waals surface area contributed by atoms with E-state index in [1.165, 1.54) is 0 Å². The number of nitrogens with one attached hydrogen (secondary N) is 1. The van der Waals surface area contributed by atoms with Crippen LogP contribution in [0.5, 0.6) is 0 Å². The van der Waals surface area contributed by atoms with Crippen molar-refractivity contribution in [2.45, 2.75) is 32.7 Å². The van der Waals surface area contributed by atoms with Gasteiger partial charge in [0.25, 0.3) is 0 Å². The number of aromatic nitrogens is 3. The number of hydrogen-bond donors (Lipinski definition) is 1. The molecule has 0 saturated carbocycles. The summed E-state index contributed by atoms with van der Waals surface area (Å²) in [7, 11) is 0. The highest BCUT2D eigenvalue weighted by molar-refractivity contribution is 5.75. The van der Waals surface area contributed by atoms with E-state index in [1.807, 2.05) is 29.1 Å². The number of carbonyl (C=O) groups is 1. The lowest BCUT2D eigenvalue weighted by atomic mass is 10.2. The maximum Gasteiger partial charge on any atom is 0.220 e. The molecule has 0 aromatic carbocycles. The van der Waals surface area contributed by atoms with E-state index in [1.54, 1.807) is 12.4 Å². The molecular formula is C15H20N4O. The predicted octanol–water partition coefficient (Wildman–Crippen LogP) is 2.25. The van der Waals surface area contributed by atoms with Gasteiger partial charge in [-0.05, 0) is 24.6 Å². The maximum absolute atomic E-state index is 11.5. The highest BCUT2D eigenvalue weighted by atomic mass is 16.1. The first-order chi connectivity index (χ1) is 9.79. The molecule has 2 heterocycles. The van der Waals surface area contributed by atoms with Crippen LogP contribution >= 0.6 is 0 Å². The Bertz CT molecular complexity index is 536. The van der Waals surface area contributed by atoms with Gasteiger partial charge in [-0.25, -0.2) is 0 Å². The molecule has 2 aromatic heterocycles. The van der Waals surface area contributed by atoms with Crippen LogP contribution in [-0.2, 0) is 11.3 Å². The first-order valence-corrected chi connectivity index (χ1v) is 7.00. The van der Waals surface area contributed by atoms with Gasteiger partial charge in [0.05, 0.1) is 12.2 Å². The highest BCUT2D eigenvalue weighted by Crippen LogP contribution is 2.14. The predicted molar refractivity (Wildman–Crippen MR) is 78.0 cm³/mol. The van der Waals surface area contributed by atoms with E-state index in [-0.39, 0.29) is 5.91 Å². The summed E-state index contributed by atoms with van der Waals surface area (Å²) in [5.41, 5.74) is 1.97. The molecule has 20 heavy (non-hydrogen) atoms. The van der Waals surface area contributed by atoms with Crippen LogP contribution < -0.4 is 5.32 Å². The Kier molecular flexibility index (Phi) is 5.29. The summed E-state index contributed by atoms with van der Waals surface area (Å²) in [4.78, 5) is 15.5. The lowest BCUT2D eigenvalue weighted by Crippen LogP contribution is -2.27. The minimum atomic E-state index is 0.119. The second-order valence-corrected chi connectivity index (χ2v) is 4.65. The first-order valence-electron chi connectivity index (χ1n) is 7.00. The van der Waals surface area contributed by atoms with Gasteiger partial charge in [-0.2, -0.15) is 5.10 Å². The lowest BCUT2D eigenvalue weighted by Gasteiger charge is -2.04. The molecule has 2 rings (SSSR count). The molecule has 5 nitrogen and oxygen atoms in total. The number of rotatable bonds is 7. The molecule has 0 spiro atoms. The third kappa shape index (κ3) is 4.19. The molecule has 0 bridgehead atoms. The van der Waals surface area contributed by atoms with E-state index in [0.717, 1.165) is 24.1 Å². The lowest BCUT2D eigenvalue weighted by molar-refractivity contribution is -0.121. The Labute approximate surface area is 119 Å². The van der Waals surface area contributed by atoms with Gasteiger partial charge in [0.1, 0.15) is 0 Å². The van der Waals surface area contributed by atoms with Crippen molar-refractivity contribution in [3.8, 4) is 11.3 Å². The zero-order valence-corrected chi connectivity index (χ0v) is 11.7. The zero-order valence-electron chi connectivity index (χ0n) is 11.7. The van der Waals surface area contributed by atoms with E-state index < -0.39 is 0 Å². The van der Waals surface area contributed by atoms with E-state index >= 15 is 0 Å². The molecule has 1 N–H and O–H groups in total. The van der Waals surface area contributed by atoms with Crippen molar-refractivity contribution in [1.29, 1.82) is 0 Å². The van der Waals surface area contributed by atoms with Crippen molar-refractivity contribution in [2.24, 2.45) is 0 Å². The highest BCUT2D eigenvalue weighted by Gasteiger charge is 2.03. The average Bonchev–Trinajstić information content (AvgIpc) is 2.95. The third-order valence-electron chi connectivity index (χ3n) is 3.04. The molecule has 0 aliphatic rings. The Balaban J connectivity index is 1.80. The minimum Gasteiger partial charge on any atom is -0.354 e. The van der Waals surface area contributed by atoms with E-state index in [0.29, 0.717) is 19.5 Å². The molecule has 106 valence electrons. The van der Waals surface area contributed by atoms with Crippen LogP contribution in [0.15, 0.2) is 36.8 Å². The smallest absolute Gasteiger partial charge is 0.220 e. The SMILES string of the molecule is CCCCC(=O)NCCn1ccc(-c2ccncc2)n1. The molecule has 0 aliphatic carbocycles. The van der Waals surface area contributed by atoms with E-state index in [2.05, 4.69) is 22.3 Å². The zero-order chi connectivity index (χ0) is 14.2. The summed E-state index contributed by atoms with van der Waals surface area (Å²) < 4.78 is 1.84. The fourth-order valence-corrected chi connectivity index (χ4v) is 1.90. The van der Waals surface area contributed by atoms with Crippen LogP contribution in [0.2, 0.25) is 0 Å². The first kappa shape index (κ1) is 14.2. The molecule has 0 atom stereocenters. The van der Waals surface area contributed by atoms with E-state index in [4.69, 9.17) is 0 Å². The van der Waals surface area contributed by atoms with Crippen molar-refractivity contribution >= 4 is 5.91 Å². The molecule has 5 heteroatoms. The molecule has 2 aromatic rings. The van der Waals surface area contributed by atoms with Gasteiger partial charge in [-0.1, -0.05) is 13.3 Å². The summed E-state index contributed by atoms with van der Waals surface area (Å²) >= 11 is 0. The summed E-state index contributed by atoms with van der Waals surface area (Å²) in [6.45, 7) is 3.38. The fraction of sp³-hybridized carbons (Fsp3) is 0.400. The standard InChI is InChI=1S/C15H20N4O/c1-2-3-4-15(20)17-10-12-19-11-7-14(18-19)13-5-8-16-9-6-13/h5-9,11H,2-4,10,12H2,1H3,(H,17,20). The van der Waals surface area contributed by atoms with Crippen LogP contribution in [-0.4, -0.2) is 27.2 Å². The van der Waals surface area contributed by atoms with Gasteiger partial charge in [-0.15, -0.1) is 0 Å². The molecule has 1 amide bonds. The average molecular weight is 272 g/mol. The van der Waals surface area contributed by atoms with Crippen LogP contribution in [0.1, 0.15) is 26.2 Å². The molecular weight excluding hydrogens is 252 g/mol. The number of nitrogens with zero attached hydrogens (tertiary/aromatic N) is 3. The molecule has 0 radical (unpaired) electrons.